The predicted molar refractivity (Wildman–Crippen MR) is 148 cm³/mol. The number of hydrogen-bond acceptors (Lipinski definition) is 9. The second-order valence-electron chi connectivity index (χ2n) is 8.90. The molecule has 0 fully saturated rings. The average Bonchev–Trinajstić information content (AvgIpc) is 3.36. The Labute approximate surface area is 243 Å². The Morgan fingerprint density at radius 3 is 2.50 bits per heavy atom. The van der Waals surface area contributed by atoms with Gasteiger partial charge in [0.25, 0.3) is 0 Å². The summed E-state index contributed by atoms with van der Waals surface area (Å²) in [5, 5.41) is 16.0. The van der Waals surface area contributed by atoms with E-state index in [1.165, 1.54) is 23.2 Å². The quantitative estimate of drug-likeness (QED) is 0.134. The van der Waals surface area contributed by atoms with E-state index in [0.29, 0.717) is 27.4 Å². The summed E-state index contributed by atoms with van der Waals surface area (Å²) < 4.78 is 24.6. The van der Waals surface area contributed by atoms with Crippen LogP contribution in [0.25, 0.3) is 16.8 Å². The van der Waals surface area contributed by atoms with Crippen molar-refractivity contribution in [3.8, 4) is 16.8 Å². The van der Waals surface area contributed by atoms with E-state index in [2.05, 4.69) is 20.2 Å². The molecule has 0 saturated carbocycles. The number of rotatable bonds is 11. The lowest BCUT2D eigenvalue weighted by Gasteiger charge is -2.24. The van der Waals surface area contributed by atoms with Crippen LogP contribution in [-0.2, 0) is 25.6 Å². The lowest BCUT2D eigenvalue weighted by molar-refractivity contribution is -0.173. The SMILES string of the molecule is CC(=O)OCOC(=O)[C@H](O)CN(Cc1ccc(-c2cc(Cl)ccc2F)cc1)NC(=O)c1nn(-c2ccccc2)c(=O)[nH]1. The van der Waals surface area contributed by atoms with Gasteiger partial charge in [0.15, 0.2) is 6.10 Å². The molecule has 0 aliphatic rings. The third-order valence-corrected chi connectivity index (χ3v) is 6.02. The normalized spacial score (nSPS) is 11.6. The minimum Gasteiger partial charge on any atom is -0.428 e. The first-order chi connectivity index (χ1) is 20.1. The Hall–Kier alpha value is -4.85. The second kappa shape index (κ2) is 13.7. The fourth-order valence-electron chi connectivity index (χ4n) is 3.80. The Morgan fingerprint density at radius 2 is 1.81 bits per heavy atom. The molecule has 218 valence electrons. The third-order valence-electron chi connectivity index (χ3n) is 5.79. The van der Waals surface area contributed by atoms with E-state index in [-0.39, 0.29) is 12.4 Å². The molecule has 3 N–H and O–H groups in total. The number of ether oxygens (including phenoxy) is 2. The number of hydrazine groups is 1. The van der Waals surface area contributed by atoms with Gasteiger partial charge in [-0.1, -0.05) is 54.1 Å². The van der Waals surface area contributed by atoms with Gasteiger partial charge in [0.2, 0.25) is 12.6 Å². The largest absolute Gasteiger partial charge is 0.428 e. The Morgan fingerprint density at radius 1 is 1.10 bits per heavy atom. The van der Waals surface area contributed by atoms with Crippen molar-refractivity contribution in [3.63, 3.8) is 0 Å². The molecule has 0 unspecified atom stereocenters. The van der Waals surface area contributed by atoms with E-state index < -0.39 is 48.8 Å². The maximum absolute atomic E-state index is 14.3. The van der Waals surface area contributed by atoms with E-state index in [0.717, 1.165) is 11.6 Å². The fraction of sp³-hybridized carbons (Fsp3) is 0.179. The second-order valence-corrected chi connectivity index (χ2v) is 9.34. The van der Waals surface area contributed by atoms with Crippen LogP contribution in [0.1, 0.15) is 23.1 Å². The third kappa shape index (κ3) is 7.87. The minimum absolute atomic E-state index is 0.0397. The van der Waals surface area contributed by atoms with Gasteiger partial charge in [-0.15, -0.1) is 5.10 Å². The van der Waals surface area contributed by atoms with Crippen LogP contribution in [0.3, 0.4) is 0 Å². The highest BCUT2D eigenvalue weighted by molar-refractivity contribution is 6.30. The highest BCUT2D eigenvalue weighted by Gasteiger charge is 2.24. The van der Waals surface area contributed by atoms with E-state index in [1.807, 2.05) is 0 Å². The molecule has 0 radical (unpaired) electrons. The average molecular weight is 598 g/mol. The van der Waals surface area contributed by atoms with Gasteiger partial charge in [-0.05, 0) is 41.5 Å². The first-order valence-corrected chi connectivity index (χ1v) is 12.8. The summed E-state index contributed by atoms with van der Waals surface area (Å²) in [5.41, 5.74) is 3.73. The molecule has 12 nitrogen and oxygen atoms in total. The van der Waals surface area contributed by atoms with Gasteiger partial charge in [-0.2, -0.15) is 4.68 Å². The van der Waals surface area contributed by atoms with Crippen molar-refractivity contribution in [1.29, 1.82) is 0 Å². The van der Waals surface area contributed by atoms with Crippen LogP contribution in [0.15, 0.2) is 77.6 Å². The van der Waals surface area contributed by atoms with Crippen molar-refractivity contribution in [2.45, 2.75) is 19.6 Å². The molecule has 4 aromatic rings. The molecule has 0 aliphatic heterocycles. The minimum atomic E-state index is -1.76. The number of H-pyrrole nitrogens is 1. The monoisotopic (exact) mass is 597 g/mol. The molecule has 3 aromatic carbocycles. The Bertz CT molecular complexity index is 1630. The van der Waals surface area contributed by atoms with E-state index >= 15 is 0 Å². The first kappa shape index (κ1) is 30.1. The van der Waals surface area contributed by atoms with Crippen LogP contribution in [-0.4, -0.2) is 62.2 Å². The van der Waals surface area contributed by atoms with Crippen LogP contribution >= 0.6 is 11.6 Å². The van der Waals surface area contributed by atoms with Gasteiger partial charge < -0.3 is 14.6 Å². The zero-order chi connectivity index (χ0) is 30.2. The van der Waals surface area contributed by atoms with Gasteiger partial charge >= 0.3 is 23.5 Å². The molecule has 0 aliphatic carbocycles. The summed E-state index contributed by atoms with van der Waals surface area (Å²) in [7, 11) is 0. The zero-order valence-corrected chi connectivity index (χ0v) is 22.9. The predicted octanol–water partition coefficient (Wildman–Crippen LogP) is 2.59. The molecule has 1 atom stereocenters. The molecule has 0 spiro atoms. The van der Waals surface area contributed by atoms with Gasteiger partial charge in [-0.25, -0.2) is 19.0 Å². The summed E-state index contributed by atoms with van der Waals surface area (Å²) >= 11 is 6.00. The number of hydrogen-bond donors (Lipinski definition) is 3. The number of carbonyl (C=O) groups is 3. The number of amides is 1. The smallest absolute Gasteiger partial charge is 0.348 e. The summed E-state index contributed by atoms with van der Waals surface area (Å²) in [5.74, 6) is -3.41. The molecule has 1 amide bonds. The van der Waals surface area contributed by atoms with Crippen molar-refractivity contribution >= 4 is 29.4 Å². The van der Waals surface area contributed by atoms with Crippen molar-refractivity contribution in [2.24, 2.45) is 0 Å². The summed E-state index contributed by atoms with van der Waals surface area (Å²) in [6.07, 6.45) is -1.76. The van der Waals surface area contributed by atoms with Crippen molar-refractivity contribution < 1.29 is 33.4 Å². The molecule has 42 heavy (non-hydrogen) atoms. The van der Waals surface area contributed by atoms with E-state index in [1.54, 1.807) is 54.6 Å². The van der Waals surface area contributed by atoms with E-state index in [4.69, 9.17) is 16.3 Å². The van der Waals surface area contributed by atoms with Crippen LogP contribution < -0.4 is 11.1 Å². The molecular weight excluding hydrogens is 573 g/mol. The van der Waals surface area contributed by atoms with Gasteiger partial charge in [0, 0.05) is 24.1 Å². The van der Waals surface area contributed by atoms with Crippen molar-refractivity contribution in [1.82, 2.24) is 25.2 Å². The highest BCUT2D eigenvalue weighted by atomic mass is 35.5. The number of aliphatic hydroxyl groups is 1. The lowest BCUT2D eigenvalue weighted by Crippen LogP contribution is -2.48. The van der Waals surface area contributed by atoms with Gasteiger partial charge in [0.1, 0.15) is 5.82 Å². The molecule has 0 bridgehead atoms. The van der Waals surface area contributed by atoms with Gasteiger partial charge in [0.05, 0.1) is 12.2 Å². The van der Waals surface area contributed by atoms with Crippen molar-refractivity contribution in [2.75, 3.05) is 13.3 Å². The number of halogens is 2. The van der Waals surface area contributed by atoms with E-state index in [9.17, 15) is 28.7 Å². The number of aromatic nitrogens is 3. The number of esters is 2. The number of aliphatic hydroxyl groups excluding tert-OH is 1. The molecule has 4 rings (SSSR count). The van der Waals surface area contributed by atoms with Crippen LogP contribution in [0.4, 0.5) is 4.39 Å². The van der Waals surface area contributed by atoms with Crippen LogP contribution in [0.2, 0.25) is 5.02 Å². The maximum atomic E-state index is 14.3. The first-order valence-electron chi connectivity index (χ1n) is 12.4. The summed E-state index contributed by atoms with van der Waals surface area (Å²) in [6, 6.07) is 19.2. The summed E-state index contributed by atoms with van der Waals surface area (Å²) in [6.45, 7) is -0.0742. The Kier molecular flexibility index (Phi) is 9.81. The topological polar surface area (TPSA) is 156 Å². The zero-order valence-electron chi connectivity index (χ0n) is 22.1. The highest BCUT2D eigenvalue weighted by Crippen LogP contribution is 2.26. The molecule has 0 saturated heterocycles. The van der Waals surface area contributed by atoms with Gasteiger partial charge in [-0.3, -0.25) is 20.0 Å². The number of nitrogens with one attached hydrogen (secondary N) is 2. The molecule has 1 aromatic heterocycles. The number of nitrogens with zero attached hydrogens (tertiary/aromatic N) is 3. The number of carbonyl (C=O) groups excluding carboxylic acids is 3. The fourth-order valence-corrected chi connectivity index (χ4v) is 3.97. The van der Waals surface area contributed by atoms with Crippen LogP contribution in [0, 0.1) is 5.82 Å². The molecular formula is C28H25ClFN5O7. The maximum Gasteiger partial charge on any atom is 0.348 e. The molecule has 14 heteroatoms. The standard InChI is InChI=1S/C28H25ClFN5O7/c1-17(36)41-16-42-27(39)24(37)15-34(14-18-7-9-19(10-8-18)22-13-20(29)11-12-23(22)30)33-26(38)25-31-28(40)35(32-25)21-5-3-2-4-6-21/h2-13,24,37H,14-16H2,1H3,(H,33,38)(H,31,32,40)/t24-/m1/s1. The number of benzene rings is 3. The summed E-state index contributed by atoms with van der Waals surface area (Å²) in [4.78, 5) is 50.9. The lowest BCUT2D eigenvalue weighted by atomic mass is 10.0. The number of aromatic amines is 1. The molecule has 1 heterocycles. The Balaban J connectivity index is 1.52. The van der Waals surface area contributed by atoms with Crippen LogP contribution in [0.5, 0.6) is 0 Å². The van der Waals surface area contributed by atoms with Crippen molar-refractivity contribution in [3.05, 3.63) is 106 Å². The number of para-hydroxylation sites is 1.